The molecule has 10 nitrogen and oxygen atoms in total. The van der Waals surface area contributed by atoms with Gasteiger partial charge in [0.05, 0.1) is 35.9 Å². The van der Waals surface area contributed by atoms with Gasteiger partial charge in [0.2, 0.25) is 5.91 Å². The summed E-state index contributed by atoms with van der Waals surface area (Å²) in [5.41, 5.74) is -0.0701. The van der Waals surface area contributed by atoms with E-state index in [0.29, 0.717) is 16.8 Å². The summed E-state index contributed by atoms with van der Waals surface area (Å²) in [5.74, 6) is -1.55. The molecule has 2 aromatic rings. The number of carbonyl (C=O) groups is 2. The summed E-state index contributed by atoms with van der Waals surface area (Å²) in [5, 5.41) is 2.70. The highest BCUT2D eigenvalue weighted by Gasteiger charge is 2.45. The standard InChI is InChI=1S/C20H23ClFN5O5S/c1-20(2,3)32-19(29)26-8-13-18(28)25-12-6-23-15-11(5-24-17(21)14(15)22)16(12)27(13)7-10(26)9-33(4,30)31/h5-6,10,13H,7-9H2,1-4H3,(H,25,28)/t10-,13+/m1/s1. The first-order valence-corrected chi connectivity index (χ1v) is 12.6. The van der Waals surface area contributed by atoms with Crippen molar-refractivity contribution in [2.75, 3.05) is 35.3 Å². The van der Waals surface area contributed by atoms with Gasteiger partial charge in [-0.05, 0) is 20.8 Å². The van der Waals surface area contributed by atoms with E-state index in [1.165, 1.54) is 17.3 Å². The summed E-state index contributed by atoms with van der Waals surface area (Å²) in [7, 11) is -3.50. The Morgan fingerprint density at radius 3 is 2.64 bits per heavy atom. The molecule has 1 fully saturated rings. The number of hydrogen-bond acceptors (Lipinski definition) is 8. The molecule has 2 aliphatic heterocycles. The van der Waals surface area contributed by atoms with Crippen LogP contribution in [-0.4, -0.2) is 78.1 Å². The number of halogens is 2. The van der Waals surface area contributed by atoms with Crippen LogP contribution in [0.1, 0.15) is 20.8 Å². The minimum atomic E-state index is -3.50. The minimum Gasteiger partial charge on any atom is -0.444 e. The molecule has 2 aromatic heterocycles. The Kier molecular flexibility index (Phi) is 5.64. The van der Waals surface area contributed by atoms with Gasteiger partial charge in [0.15, 0.2) is 11.0 Å². The molecular weight excluding hydrogens is 477 g/mol. The highest BCUT2D eigenvalue weighted by Crippen LogP contribution is 2.41. The molecule has 13 heteroatoms. The fraction of sp³-hybridized carbons (Fsp3) is 0.500. The molecule has 2 atom stereocenters. The van der Waals surface area contributed by atoms with Gasteiger partial charge in [-0.25, -0.2) is 22.6 Å². The van der Waals surface area contributed by atoms with E-state index < -0.39 is 45.3 Å². The van der Waals surface area contributed by atoms with Crippen LogP contribution >= 0.6 is 11.6 Å². The normalized spacial score (nSPS) is 20.8. The third-order valence-corrected chi connectivity index (χ3v) is 6.60. The average molecular weight is 500 g/mol. The van der Waals surface area contributed by atoms with Crippen molar-refractivity contribution >= 4 is 55.7 Å². The lowest BCUT2D eigenvalue weighted by molar-refractivity contribution is -0.118. The lowest BCUT2D eigenvalue weighted by Gasteiger charge is -2.48. The Hall–Kier alpha value is -2.73. The lowest BCUT2D eigenvalue weighted by atomic mass is 10.0. The first-order chi connectivity index (χ1) is 15.2. The van der Waals surface area contributed by atoms with Gasteiger partial charge in [0.25, 0.3) is 0 Å². The number of nitrogens with zero attached hydrogens (tertiary/aromatic N) is 4. The van der Waals surface area contributed by atoms with Crippen LogP contribution in [0.2, 0.25) is 5.15 Å². The number of rotatable bonds is 2. The number of aromatic nitrogens is 2. The second-order valence-corrected chi connectivity index (χ2v) is 11.7. The molecule has 2 amide bonds. The van der Waals surface area contributed by atoms with Crippen molar-refractivity contribution in [3.63, 3.8) is 0 Å². The van der Waals surface area contributed by atoms with Gasteiger partial charge in [0, 0.05) is 24.4 Å². The van der Waals surface area contributed by atoms with Crippen LogP contribution in [-0.2, 0) is 19.4 Å². The Morgan fingerprint density at radius 2 is 2.00 bits per heavy atom. The summed E-state index contributed by atoms with van der Waals surface area (Å²) in [6, 6.07) is -1.66. The molecule has 0 aliphatic carbocycles. The van der Waals surface area contributed by atoms with Crippen LogP contribution < -0.4 is 10.2 Å². The molecule has 0 aromatic carbocycles. The predicted octanol–water partition coefficient (Wildman–Crippen LogP) is 2.21. The molecule has 4 heterocycles. The third kappa shape index (κ3) is 4.54. The molecule has 0 bridgehead atoms. The van der Waals surface area contributed by atoms with Crippen molar-refractivity contribution in [3.05, 3.63) is 23.4 Å². The van der Waals surface area contributed by atoms with Crippen molar-refractivity contribution in [2.24, 2.45) is 0 Å². The molecule has 4 rings (SSSR count). The maximum absolute atomic E-state index is 14.6. The molecule has 0 saturated carbocycles. The van der Waals surface area contributed by atoms with Crippen molar-refractivity contribution in [3.8, 4) is 0 Å². The van der Waals surface area contributed by atoms with Gasteiger partial charge >= 0.3 is 6.09 Å². The number of amides is 2. The van der Waals surface area contributed by atoms with Crippen LogP contribution in [0.3, 0.4) is 0 Å². The van der Waals surface area contributed by atoms with E-state index in [1.54, 1.807) is 25.7 Å². The zero-order valence-corrected chi connectivity index (χ0v) is 20.0. The first-order valence-electron chi connectivity index (χ1n) is 10.1. The van der Waals surface area contributed by atoms with E-state index in [-0.39, 0.29) is 29.5 Å². The Balaban J connectivity index is 1.81. The Morgan fingerprint density at radius 1 is 1.30 bits per heavy atom. The quantitative estimate of drug-likeness (QED) is 0.624. The summed E-state index contributed by atoms with van der Waals surface area (Å²) in [4.78, 5) is 36.7. The molecule has 1 saturated heterocycles. The SMILES string of the molecule is CC(C)(C)OC(=O)N1C[C@H]2C(=O)Nc3cnc4c(F)c(Cl)ncc4c3N2C[C@@H]1CS(C)(=O)=O. The minimum absolute atomic E-state index is 0.000752. The molecular formula is C20H23ClFN5O5S. The molecule has 178 valence electrons. The van der Waals surface area contributed by atoms with Crippen LogP contribution in [0.15, 0.2) is 12.4 Å². The summed E-state index contributed by atoms with van der Waals surface area (Å²) in [6.45, 7) is 4.97. The molecule has 1 N–H and O–H groups in total. The Labute approximate surface area is 195 Å². The van der Waals surface area contributed by atoms with Gasteiger partial charge in [-0.15, -0.1) is 0 Å². The third-order valence-electron chi connectivity index (χ3n) is 5.35. The van der Waals surface area contributed by atoms with Crippen molar-refractivity contribution in [1.82, 2.24) is 14.9 Å². The highest BCUT2D eigenvalue weighted by atomic mass is 35.5. The molecule has 0 unspecified atom stereocenters. The zero-order chi connectivity index (χ0) is 24.3. The maximum atomic E-state index is 14.6. The lowest BCUT2D eigenvalue weighted by Crippen LogP contribution is -2.66. The highest BCUT2D eigenvalue weighted by molar-refractivity contribution is 7.90. The smallest absolute Gasteiger partial charge is 0.410 e. The summed E-state index contributed by atoms with van der Waals surface area (Å²) in [6.07, 6.45) is 3.03. The van der Waals surface area contributed by atoms with Crippen molar-refractivity contribution in [1.29, 1.82) is 0 Å². The maximum Gasteiger partial charge on any atom is 0.410 e. The van der Waals surface area contributed by atoms with Crippen molar-refractivity contribution < 1.29 is 27.1 Å². The van der Waals surface area contributed by atoms with E-state index in [0.717, 1.165) is 6.26 Å². The van der Waals surface area contributed by atoms with E-state index in [4.69, 9.17) is 16.3 Å². The van der Waals surface area contributed by atoms with Crippen molar-refractivity contribution in [2.45, 2.75) is 38.5 Å². The number of anilines is 2. The topological polar surface area (TPSA) is 122 Å². The van der Waals surface area contributed by atoms with Gasteiger partial charge in [-0.2, -0.15) is 0 Å². The van der Waals surface area contributed by atoms with E-state index in [9.17, 15) is 22.4 Å². The van der Waals surface area contributed by atoms with Gasteiger partial charge < -0.3 is 15.0 Å². The molecule has 33 heavy (non-hydrogen) atoms. The largest absolute Gasteiger partial charge is 0.444 e. The number of sulfone groups is 1. The number of piperazine rings is 1. The zero-order valence-electron chi connectivity index (χ0n) is 18.4. The second kappa shape index (κ2) is 7.94. The van der Waals surface area contributed by atoms with Crippen LogP contribution in [0, 0.1) is 5.82 Å². The second-order valence-electron chi connectivity index (χ2n) is 9.18. The van der Waals surface area contributed by atoms with Gasteiger partial charge in [0.1, 0.15) is 27.0 Å². The number of pyridine rings is 2. The number of nitrogens with one attached hydrogen (secondary N) is 1. The van der Waals surface area contributed by atoms with E-state index in [1.807, 2.05) is 0 Å². The van der Waals surface area contributed by atoms with Crippen LogP contribution in [0.25, 0.3) is 10.9 Å². The fourth-order valence-electron chi connectivity index (χ4n) is 4.10. The summed E-state index contributed by atoms with van der Waals surface area (Å²) >= 11 is 5.80. The first kappa shape index (κ1) is 23.4. The number of fused-ring (bicyclic) bond motifs is 5. The number of ether oxygens (including phenoxy) is 1. The Bertz CT molecular complexity index is 1270. The van der Waals surface area contributed by atoms with Crippen LogP contribution in [0.4, 0.5) is 20.6 Å². The number of hydrogen-bond donors (Lipinski definition) is 1. The monoisotopic (exact) mass is 499 g/mol. The predicted molar refractivity (Wildman–Crippen MR) is 121 cm³/mol. The molecule has 0 radical (unpaired) electrons. The van der Waals surface area contributed by atoms with E-state index >= 15 is 0 Å². The fourth-order valence-corrected chi connectivity index (χ4v) is 5.22. The summed E-state index contributed by atoms with van der Waals surface area (Å²) < 4.78 is 44.4. The van der Waals surface area contributed by atoms with Crippen LogP contribution in [0.5, 0.6) is 0 Å². The van der Waals surface area contributed by atoms with Gasteiger partial charge in [-0.3, -0.25) is 14.7 Å². The van der Waals surface area contributed by atoms with E-state index in [2.05, 4.69) is 15.3 Å². The number of carbonyl (C=O) groups excluding carboxylic acids is 2. The molecule has 2 aliphatic rings. The average Bonchev–Trinajstić information content (AvgIpc) is 2.67. The van der Waals surface area contributed by atoms with Gasteiger partial charge in [-0.1, -0.05) is 11.6 Å². The molecule has 0 spiro atoms.